The minimum absolute atomic E-state index is 0.234. The van der Waals surface area contributed by atoms with Gasteiger partial charge < -0.3 is 25.5 Å². The van der Waals surface area contributed by atoms with Gasteiger partial charge in [0.25, 0.3) is 5.91 Å². The van der Waals surface area contributed by atoms with Crippen LogP contribution in [0.5, 0.6) is 0 Å². The second-order valence-corrected chi connectivity index (χ2v) is 7.04. The van der Waals surface area contributed by atoms with Crippen molar-refractivity contribution < 1.29 is 14.4 Å². The number of amides is 1. The third kappa shape index (κ3) is 8.00. The molecule has 9 heteroatoms. The van der Waals surface area contributed by atoms with E-state index in [1.54, 1.807) is 18.5 Å². The van der Waals surface area contributed by atoms with Gasteiger partial charge in [-0.05, 0) is 63.4 Å². The summed E-state index contributed by atoms with van der Waals surface area (Å²) < 4.78 is 0.873. The molecule has 0 spiro atoms. The highest BCUT2D eigenvalue weighted by Crippen LogP contribution is 2.24. The van der Waals surface area contributed by atoms with Gasteiger partial charge in [0.05, 0.1) is 11.9 Å². The number of nitrogens with two attached hydrogens (primary N) is 1. The maximum Gasteiger partial charge on any atom is 0.274 e. The molecule has 8 nitrogen and oxygen atoms in total. The summed E-state index contributed by atoms with van der Waals surface area (Å²) in [5, 5.41) is 2.87. The summed E-state index contributed by atoms with van der Waals surface area (Å²) in [6.45, 7) is 10.1. The molecule has 2 aromatic heterocycles. The number of aromatic nitrogens is 2. The normalized spacial score (nSPS) is 12.1. The van der Waals surface area contributed by atoms with Gasteiger partial charge in [0.1, 0.15) is 25.1 Å². The lowest BCUT2D eigenvalue weighted by atomic mass is 10.1. The van der Waals surface area contributed by atoms with E-state index in [1.807, 2.05) is 33.5 Å². The molecule has 0 aromatic carbocycles. The van der Waals surface area contributed by atoms with Gasteiger partial charge in [0.2, 0.25) is 0 Å². The maximum atomic E-state index is 12.3. The molecule has 0 bridgehead atoms. The van der Waals surface area contributed by atoms with Gasteiger partial charge in [-0.25, -0.2) is 4.98 Å². The van der Waals surface area contributed by atoms with Gasteiger partial charge in [-0.3, -0.25) is 9.78 Å². The molecule has 0 atom stereocenters. The molecule has 1 amide bonds. The number of hydrogen-bond donors (Lipinski definition) is 2. The molecule has 3 rings (SSSR count). The van der Waals surface area contributed by atoms with Gasteiger partial charge in [-0.15, -0.1) is 0 Å². The van der Waals surface area contributed by atoms with E-state index < -0.39 is 0 Å². The Kier molecular flexibility index (Phi) is 13.9. The van der Waals surface area contributed by atoms with Crippen LogP contribution in [0, 0.1) is 13.8 Å². The largest absolute Gasteiger partial charge is 0.356 e. The number of nitrogens with zero attached hydrogens (tertiary/aromatic N) is 3. The van der Waals surface area contributed by atoms with Crippen LogP contribution in [-0.2, 0) is 9.59 Å². The van der Waals surface area contributed by atoms with Crippen LogP contribution in [0.4, 0.5) is 11.5 Å². The lowest BCUT2D eigenvalue weighted by Crippen LogP contribution is -2.30. The Morgan fingerprint density at radius 3 is 2.13 bits per heavy atom. The molecule has 0 aliphatic carbocycles. The first-order valence-corrected chi connectivity index (χ1v) is 10.1. The monoisotopic (exact) mass is 479 g/mol. The van der Waals surface area contributed by atoms with Crippen molar-refractivity contribution in [2.24, 2.45) is 5.73 Å². The molecule has 164 valence electrons. The first kappa shape index (κ1) is 27.4. The number of aryl methyl sites for hydroxylation is 2. The summed E-state index contributed by atoms with van der Waals surface area (Å²) in [5.74, 6) is 0.784. The lowest BCUT2D eigenvalue weighted by molar-refractivity contribution is -0.0987. The van der Waals surface area contributed by atoms with Gasteiger partial charge >= 0.3 is 0 Å². The van der Waals surface area contributed by atoms with Crippen LogP contribution in [0.25, 0.3) is 0 Å². The van der Waals surface area contributed by atoms with Gasteiger partial charge in [-0.1, -0.05) is 15.9 Å². The zero-order valence-corrected chi connectivity index (χ0v) is 19.4. The Hall–Kier alpha value is -2.65. The average Bonchev–Trinajstić information content (AvgIpc) is 2.80. The third-order valence-electron chi connectivity index (χ3n) is 4.23. The Morgan fingerprint density at radius 2 is 1.60 bits per heavy atom. The highest BCUT2D eigenvalue weighted by molar-refractivity contribution is 9.10. The molecule has 0 saturated carbocycles. The smallest absolute Gasteiger partial charge is 0.274 e. The van der Waals surface area contributed by atoms with Crippen LogP contribution in [0.15, 0.2) is 29.0 Å². The van der Waals surface area contributed by atoms with Crippen molar-refractivity contribution in [3.8, 4) is 0 Å². The molecule has 3 N–H and O–H groups in total. The molecular weight excluding hydrogens is 450 g/mol. The molecule has 1 aliphatic heterocycles. The number of piperidine rings is 1. The number of carbonyl (C=O) groups excluding carboxylic acids is 3. The van der Waals surface area contributed by atoms with Crippen molar-refractivity contribution in [3.05, 3.63) is 45.8 Å². The van der Waals surface area contributed by atoms with Crippen molar-refractivity contribution in [1.29, 1.82) is 0 Å². The predicted molar refractivity (Wildman–Crippen MR) is 124 cm³/mol. The van der Waals surface area contributed by atoms with E-state index in [2.05, 4.69) is 41.8 Å². The number of nitrogens with one attached hydrogen (secondary N) is 1. The van der Waals surface area contributed by atoms with Gasteiger partial charge in [0, 0.05) is 23.8 Å². The maximum absolute atomic E-state index is 12.3. The van der Waals surface area contributed by atoms with E-state index >= 15 is 0 Å². The fourth-order valence-electron chi connectivity index (χ4n) is 2.89. The summed E-state index contributed by atoms with van der Waals surface area (Å²) in [6.07, 6.45) is 7.13. The van der Waals surface area contributed by atoms with Crippen molar-refractivity contribution in [1.82, 2.24) is 9.97 Å². The Morgan fingerprint density at radius 1 is 1.00 bits per heavy atom. The van der Waals surface area contributed by atoms with Crippen LogP contribution in [0.2, 0.25) is 0 Å². The molecule has 1 aliphatic rings. The Balaban J connectivity index is 0.00000129. The summed E-state index contributed by atoms with van der Waals surface area (Å²) in [5.41, 5.74) is 7.64. The Labute approximate surface area is 186 Å². The standard InChI is InChI=1S/C18H21BrN4O.CH5N.2CH2O/c1-12-8-14(11-21-17(12)23-6-4-3-5-7-23)22-18(24)16-9-15(19)13(2)10-20-16;3*1-2/h8-11H,3-7H2,1-2H3,(H,22,24);2H2,1H3;2*1H2. The molecule has 30 heavy (non-hydrogen) atoms. The molecular formula is C21H30BrN5O3. The fraction of sp³-hybridized carbons (Fsp3) is 0.381. The molecule has 1 fully saturated rings. The SMILES string of the molecule is C=O.C=O.CN.Cc1cnc(C(=O)Nc2cnc(N3CCCCC3)c(C)c2)cc1Br. The van der Waals surface area contributed by atoms with Gasteiger partial charge in [-0.2, -0.15) is 0 Å². The van der Waals surface area contributed by atoms with Crippen molar-refractivity contribution >= 4 is 46.9 Å². The summed E-state index contributed by atoms with van der Waals surface area (Å²) >= 11 is 3.43. The Bertz CT molecular complexity index is 796. The van der Waals surface area contributed by atoms with Crippen LogP contribution >= 0.6 is 15.9 Å². The minimum Gasteiger partial charge on any atom is -0.356 e. The summed E-state index contributed by atoms with van der Waals surface area (Å²) in [6, 6.07) is 3.70. The summed E-state index contributed by atoms with van der Waals surface area (Å²) in [4.78, 5) is 39.4. The van der Waals surface area contributed by atoms with Crippen molar-refractivity contribution in [3.63, 3.8) is 0 Å². The van der Waals surface area contributed by atoms with E-state index in [9.17, 15) is 4.79 Å². The fourth-order valence-corrected chi connectivity index (χ4v) is 3.21. The summed E-state index contributed by atoms with van der Waals surface area (Å²) in [7, 11) is 1.50. The highest BCUT2D eigenvalue weighted by atomic mass is 79.9. The minimum atomic E-state index is -0.234. The first-order valence-electron chi connectivity index (χ1n) is 9.35. The molecule has 0 unspecified atom stereocenters. The number of anilines is 2. The molecule has 3 heterocycles. The number of hydrogen-bond acceptors (Lipinski definition) is 7. The quantitative estimate of drug-likeness (QED) is 0.692. The van der Waals surface area contributed by atoms with E-state index in [0.29, 0.717) is 11.4 Å². The molecule has 2 aromatic rings. The van der Waals surface area contributed by atoms with Crippen LogP contribution < -0.4 is 16.0 Å². The lowest BCUT2D eigenvalue weighted by Gasteiger charge is -2.29. The second-order valence-electron chi connectivity index (χ2n) is 6.19. The van der Waals surface area contributed by atoms with Crippen molar-refractivity contribution in [2.45, 2.75) is 33.1 Å². The average molecular weight is 480 g/mol. The number of pyridine rings is 2. The van der Waals surface area contributed by atoms with Crippen molar-refractivity contribution in [2.75, 3.05) is 30.4 Å². The topological polar surface area (TPSA) is 118 Å². The predicted octanol–water partition coefficient (Wildman–Crippen LogP) is 3.30. The number of rotatable bonds is 3. The number of carbonyl (C=O) groups is 3. The molecule has 0 radical (unpaired) electrons. The van der Waals surface area contributed by atoms with E-state index in [0.717, 1.165) is 34.5 Å². The van der Waals surface area contributed by atoms with E-state index in [4.69, 9.17) is 9.59 Å². The first-order chi connectivity index (χ1) is 14.5. The molecule has 1 saturated heterocycles. The third-order valence-corrected chi connectivity index (χ3v) is 5.09. The van der Waals surface area contributed by atoms with E-state index in [-0.39, 0.29) is 5.91 Å². The zero-order valence-electron chi connectivity index (χ0n) is 17.8. The zero-order chi connectivity index (χ0) is 23.1. The van der Waals surface area contributed by atoms with Crippen LogP contribution in [0.1, 0.15) is 40.9 Å². The number of halogens is 1. The van der Waals surface area contributed by atoms with Gasteiger partial charge in [0.15, 0.2) is 0 Å². The van der Waals surface area contributed by atoms with Crippen LogP contribution in [0.3, 0.4) is 0 Å². The van der Waals surface area contributed by atoms with E-state index in [1.165, 1.54) is 26.3 Å². The second kappa shape index (κ2) is 15.2. The van der Waals surface area contributed by atoms with Crippen LogP contribution in [-0.4, -0.2) is 49.6 Å². The highest BCUT2D eigenvalue weighted by Gasteiger charge is 2.15.